The number of hydrogen-bond donors (Lipinski definition) is 1. The summed E-state index contributed by atoms with van der Waals surface area (Å²) in [6.07, 6.45) is -4.82. The van der Waals surface area contributed by atoms with Gasteiger partial charge in [0.05, 0.1) is 31.2 Å². The summed E-state index contributed by atoms with van der Waals surface area (Å²) < 4.78 is 69.1. The predicted octanol–water partition coefficient (Wildman–Crippen LogP) is 7.05. The number of halogens is 6. The third-order valence-electron chi connectivity index (χ3n) is 6.34. The van der Waals surface area contributed by atoms with E-state index >= 15 is 0 Å². The second kappa shape index (κ2) is 14.2. The Morgan fingerprint density at radius 1 is 0.884 bits per heavy atom. The van der Waals surface area contributed by atoms with Gasteiger partial charge in [-0.05, 0) is 60.9 Å². The Labute approximate surface area is 263 Å². The summed E-state index contributed by atoms with van der Waals surface area (Å²) in [6.45, 7) is 4.37. The van der Waals surface area contributed by atoms with Crippen molar-refractivity contribution in [2.24, 2.45) is 5.92 Å². The van der Waals surface area contributed by atoms with Crippen LogP contribution in [0.1, 0.15) is 31.9 Å². The van der Waals surface area contributed by atoms with Crippen LogP contribution in [-0.2, 0) is 32.3 Å². The van der Waals surface area contributed by atoms with Gasteiger partial charge in [-0.2, -0.15) is 13.2 Å². The number of sulfonamides is 1. The van der Waals surface area contributed by atoms with Crippen molar-refractivity contribution in [1.82, 2.24) is 10.2 Å². The lowest BCUT2D eigenvalue weighted by Crippen LogP contribution is -2.51. The summed E-state index contributed by atoms with van der Waals surface area (Å²) in [4.78, 5) is 27.8. The Hall–Kier alpha value is -2.99. The molecule has 14 heteroatoms. The fourth-order valence-corrected chi connectivity index (χ4v) is 6.02. The number of benzene rings is 3. The molecule has 0 saturated heterocycles. The van der Waals surface area contributed by atoms with E-state index in [1.165, 1.54) is 43.3 Å². The van der Waals surface area contributed by atoms with Crippen LogP contribution in [0.3, 0.4) is 0 Å². The topological polar surface area (TPSA) is 86.8 Å². The monoisotopic (exact) mass is 677 g/mol. The number of carbonyl (C=O) groups excluding carboxylic acids is 2. The zero-order valence-corrected chi connectivity index (χ0v) is 26.4. The van der Waals surface area contributed by atoms with Crippen molar-refractivity contribution in [3.05, 3.63) is 92.9 Å². The molecule has 2 amide bonds. The van der Waals surface area contributed by atoms with Crippen LogP contribution in [0.15, 0.2) is 71.6 Å². The molecule has 3 aromatic carbocycles. The maximum atomic E-state index is 14.0. The Morgan fingerprint density at radius 2 is 1.51 bits per heavy atom. The van der Waals surface area contributed by atoms with Gasteiger partial charge >= 0.3 is 6.18 Å². The molecule has 0 bridgehead atoms. The van der Waals surface area contributed by atoms with E-state index < -0.39 is 51.9 Å². The summed E-state index contributed by atoms with van der Waals surface area (Å²) in [5, 5.41) is 2.85. The van der Waals surface area contributed by atoms with Crippen molar-refractivity contribution in [2.75, 3.05) is 17.4 Å². The molecule has 0 unspecified atom stereocenters. The normalized spacial score (nSPS) is 12.6. The zero-order valence-electron chi connectivity index (χ0n) is 23.3. The molecule has 0 heterocycles. The first-order valence-electron chi connectivity index (χ1n) is 13.0. The minimum atomic E-state index is -4.82. The van der Waals surface area contributed by atoms with Gasteiger partial charge in [0.15, 0.2) is 0 Å². The van der Waals surface area contributed by atoms with E-state index in [0.717, 1.165) is 11.0 Å². The molecule has 0 spiro atoms. The van der Waals surface area contributed by atoms with Crippen molar-refractivity contribution in [1.29, 1.82) is 0 Å². The molecule has 232 valence electrons. The first-order chi connectivity index (χ1) is 20.0. The van der Waals surface area contributed by atoms with Gasteiger partial charge < -0.3 is 10.2 Å². The molecule has 0 aromatic heterocycles. The third-order valence-corrected chi connectivity index (χ3v) is 9.17. The smallest absolute Gasteiger partial charge is 0.354 e. The lowest BCUT2D eigenvalue weighted by Gasteiger charge is -2.32. The molecule has 0 radical (unpaired) electrons. The summed E-state index contributed by atoms with van der Waals surface area (Å²) >= 11 is 18.4. The largest absolute Gasteiger partial charge is 0.416 e. The number of nitrogens with zero attached hydrogens (tertiary/aromatic N) is 2. The molecule has 1 atom stereocenters. The van der Waals surface area contributed by atoms with Crippen molar-refractivity contribution in [2.45, 2.75) is 44.4 Å². The SMILES string of the molecule is CC(C)CNC(=O)[C@@H](C)N(Cc1ccc(Cl)c(Cl)c1)C(=O)CN(c1cc(C(F)(F)F)ccc1Cl)S(=O)(=O)c1ccccc1. The molecule has 0 fully saturated rings. The van der Waals surface area contributed by atoms with Crippen LogP contribution in [0.5, 0.6) is 0 Å². The molecular weight excluding hydrogens is 650 g/mol. The number of hydrogen-bond acceptors (Lipinski definition) is 4. The lowest BCUT2D eigenvalue weighted by atomic mass is 10.1. The fourth-order valence-electron chi connectivity index (χ4n) is 3.98. The van der Waals surface area contributed by atoms with Gasteiger partial charge in [0.2, 0.25) is 11.8 Å². The maximum Gasteiger partial charge on any atom is 0.416 e. The second-order valence-electron chi connectivity index (χ2n) is 10.1. The number of anilines is 1. The highest BCUT2D eigenvalue weighted by molar-refractivity contribution is 7.92. The summed E-state index contributed by atoms with van der Waals surface area (Å²) in [6, 6.07) is 12.5. The van der Waals surface area contributed by atoms with Crippen LogP contribution in [0.25, 0.3) is 0 Å². The summed E-state index contributed by atoms with van der Waals surface area (Å²) in [5.41, 5.74) is -1.25. The molecular formula is C29H29Cl3F3N3O4S. The molecule has 43 heavy (non-hydrogen) atoms. The van der Waals surface area contributed by atoms with Gasteiger partial charge in [-0.15, -0.1) is 0 Å². The molecule has 3 aromatic rings. The number of amides is 2. The number of alkyl halides is 3. The Bertz CT molecular complexity index is 1570. The van der Waals surface area contributed by atoms with E-state index in [9.17, 15) is 31.2 Å². The van der Waals surface area contributed by atoms with E-state index in [1.807, 2.05) is 13.8 Å². The van der Waals surface area contributed by atoms with E-state index in [-0.39, 0.29) is 32.4 Å². The van der Waals surface area contributed by atoms with Crippen LogP contribution < -0.4 is 9.62 Å². The van der Waals surface area contributed by atoms with Gasteiger partial charge in [0.25, 0.3) is 10.0 Å². The standard InChI is InChI=1S/C29H29Cl3F3N3O4S/c1-18(2)15-36-28(40)19(3)37(16-20-9-11-23(30)25(32)13-20)27(39)17-38(43(41,42)22-7-5-4-6-8-22)26-14-21(29(33,34)35)10-12-24(26)31/h4-14,18-19H,15-17H2,1-3H3,(H,36,40)/t19-/m1/s1. The molecule has 0 aliphatic heterocycles. The van der Waals surface area contributed by atoms with Crippen molar-refractivity contribution >= 4 is 62.3 Å². The molecule has 7 nitrogen and oxygen atoms in total. The van der Waals surface area contributed by atoms with Crippen LogP contribution in [0.4, 0.5) is 18.9 Å². The van der Waals surface area contributed by atoms with Gasteiger partial charge in [0, 0.05) is 13.1 Å². The van der Waals surface area contributed by atoms with Crippen LogP contribution in [0, 0.1) is 5.92 Å². The zero-order chi connectivity index (χ0) is 32.1. The highest BCUT2D eigenvalue weighted by Crippen LogP contribution is 2.37. The number of carbonyl (C=O) groups is 2. The van der Waals surface area contributed by atoms with Crippen LogP contribution in [-0.4, -0.2) is 44.3 Å². The van der Waals surface area contributed by atoms with E-state index in [1.54, 1.807) is 12.1 Å². The predicted molar refractivity (Wildman–Crippen MR) is 162 cm³/mol. The summed E-state index contributed by atoms with van der Waals surface area (Å²) in [5.74, 6) is -1.30. The molecule has 3 rings (SSSR count). The Morgan fingerprint density at radius 3 is 2.09 bits per heavy atom. The fraction of sp³-hybridized carbons (Fsp3) is 0.310. The highest BCUT2D eigenvalue weighted by Gasteiger charge is 2.36. The van der Waals surface area contributed by atoms with Crippen molar-refractivity contribution in [3.63, 3.8) is 0 Å². The van der Waals surface area contributed by atoms with E-state index in [0.29, 0.717) is 28.5 Å². The van der Waals surface area contributed by atoms with Gasteiger partial charge in [-0.25, -0.2) is 8.42 Å². The first kappa shape index (κ1) is 34.5. The maximum absolute atomic E-state index is 14.0. The minimum Gasteiger partial charge on any atom is -0.354 e. The van der Waals surface area contributed by atoms with Gasteiger partial charge in [-0.3, -0.25) is 13.9 Å². The summed E-state index contributed by atoms with van der Waals surface area (Å²) in [7, 11) is -4.63. The van der Waals surface area contributed by atoms with Gasteiger partial charge in [0.1, 0.15) is 12.6 Å². The van der Waals surface area contributed by atoms with Gasteiger partial charge in [-0.1, -0.05) is 72.9 Å². The molecule has 1 N–H and O–H groups in total. The molecule has 0 saturated carbocycles. The molecule has 0 aliphatic rings. The average Bonchev–Trinajstić information content (AvgIpc) is 2.94. The van der Waals surface area contributed by atoms with E-state index in [2.05, 4.69) is 5.32 Å². The number of nitrogens with one attached hydrogen (secondary N) is 1. The van der Waals surface area contributed by atoms with Crippen molar-refractivity contribution in [3.8, 4) is 0 Å². The Kier molecular flexibility index (Phi) is 11.4. The number of rotatable bonds is 11. The Balaban J connectivity index is 2.12. The van der Waals surface area contributed by atoms with Crippen LogP contribution in [0.2, 0.25) is 15.1 Å². The minimum absolute atomic E-state index is 0.102. The van der Waals surface area contributed by atoms with E-state index in [4.69, 9.17) is 34.8 Å². The second-order valence-corrected chi connectivity index (χ2v) is 13.2. The third kappa shape index (κ3) is 8.78. The van der Waals surface area contributed by atoms with Crippen LogP contribution >= 0.6 is 34.8 Å². The lowest BCUT2D eigenvalue weighted by molar-refractivity contribution is -0.139. The highest BCUT2D eigenvalue weighted by atomic mass is 35.5. The first-order valence-corrected chi connectivity index (χ1v) is 15.6. The molecule has 0 aliphatic carbocycles. The average molecular weight is 679 g/mol. The quantitative estimate of drug-likeness (QED) is 0.236. The van der Waals surface area contributed by atoms with Crippen molar-refractivity contribution < 1.29 is 31.2 Å².